The predicted molar refractivity (Wildman–Crippen MR) is 78.0 cm³/mol. The van der Waals surface area contributed by atoms with Crippen LogP contribution in [0.5, 0.6) is 0 Å². The van der Waals surface area contributed by atoms with Gasteiger partial charge in [-0.05, 0) is 42.5 Å². The number of nitrogens with two attached hydrogens (primary N) is 1. The Balaban J connectivity index is 2.16. The molecule has 0 heterocycles. The van der Waals surface area contributed by atoms with Gasteiger partial charge in [-0.25, -0.2) is 0 Å². The molecule has 0 fully saturated rings. The molecule has 0 saturated heterocycles. The van der Waals surface area contributed by atoms with E-state index in [1.165, 1.54) is 0 Å². The van der Waals surface area contributed by atoms with E-state index in [0.29, 0.717) is 16.3 Å². The lowest BCUT2D eigenvalue weighted by Crippen LogP contribution is -2.11. The van der Waals surface area contributed by atoms with E-state index in [1.807, 2.05) is 12.1 Å². The average molecular weight is 326 g/mol. The molecule has 0 aliphatic rings. The van der Waals surface area contributed by atoms with Crippen LogP contribution < -0.4 is 11.1 Å². The topological polar surface area (TPSA) is 55.1 Å². The van der Waals surface area contributed by atoms with Crippen LogP contribution in [0.25, 0.3) is 0 Å². The summed E-state index contributed by atoms with van der Waals surface area (Å²) in [7, 11) is 0. The normalized spacial score (nSPS) is 10.1. The first kappa shape index (κ1) is 12.9. The molecule has 0 aliphatic heterocycles. The molecule has 0 aliphatic carbocycles. The second-order valence-electron chi connectivity index (χ2n) is 3.70. The molecule has 2 aromatic rings. The summed E-state index contributed by atoms with van der Waals surface area (Å²) in [6, 6.07) is 12.1. The first-order valence-corrected chi connectivity index (χ1v) is 6.35. The van der Waals surface area contributed by atoms with E-state index < -0.39 is 0 Å². The Kier molecular flexibility index (Phi) is 3.89. The molecule has 0 saturated carbocycles. The largest absolute Gasteiger partial charge is 0.398 e. The van der Waals surface area contributed by atoms with Crippen molar-refractivity contribution in [2.24, 2.45) is 0 Å². The molecule has 3 N–H and O–H groups in total. The molecule has 3 nitrogen and oxygen atoms in total. The highest BCUT2D eigenvalue weighted by molar-refractivity contribution is 9.10. The number of rotatable bonds is 2. The van der Waals surface area contributed by atoms with Crippen LogP contribution in [0.2, 0.25) is 5.02 Å². The van der Waals surface area contributed by atoms with E-state index in [2.05, 4.69) is 21.2 Å². The third-order valence-corrected chi connectivity index (χ3v) is 3.22. The summed E-state index contributed by atoms with van der Waals surface area (Å²) in [6.07, 6.45) is 0. The van der Waals surface area contributed by atoms with Crippen LogP contribution in [0.15, 0.2) is 46.9 Å². The highest BCUT2D eigenvalue weighted by Gasteiger charge is 2.07. The summed E-state index contributed by atoms with van der Waals surface area (Å²) >= 11 is 9.20. The molecule has 2 aromatic carbocycles. The zero-order chi connectivity index (χ0) is 13.1. The van der Waals surface area contributed by atoms with Crippen LogP contribution in [0.4, 0.5) is 11.4 Å². The lowest BCUT2D eigenvalue weighted by molar-refractivity contribution is 0.102. The van der Waals surface area contributed by atoms with Crippen molar-refractivity contribution in [3.63, 3.8) is 0 Å². The van der Waals surface area contributed by atoms with Crippen molar-refractivity contribution >= 4 is 44.8 Å². The molecular formula is C13H10BrClN2O. The molecule has 0 unspecified atom stereocenters. The average Bonchev–Trinajstić information content (AvgIpc) is 2.35. The smallest absolute Gasteiger partial charge is 0.255 e. The number of carbonyl (C=O) groups excluding carboxylic acids is 1. The minimum absolute atomic E-state index is 0.223. The minimum Gasteiger partial charge on any atom is -0.398 e. The minimum atomic E-state index is -0.223. The zero-order valence-corrected chi connectivity index (χ0v) is 11.6. The van der Waals surface area contributed by atoms with Crippen LogP contribution in [-0.4, -0.2) is 5.91 Å². The quantitative estimate of drug-likeness (QED) is 0.822. The molecule has 92 valence electrons. The molecule has 0 bridgehead atoms. The van der Waals surface area contributed by atoms with E-state index >= 15 is 0 Å². The molecule has 1 amide bonds. The first-order valence-electron chi connectivity index (χ1n) is 5.18. The molecule has 2 rings (SSSR count). The van der Waals surface area contributed by atoms with Gasteiger partial charge in [-0.2, -0.15) is 0 Å². The Hall–Kier alpha value is -1.52. The highest BCUT2D eigenvalue weighted by atomic mass is 79.9. The first-order chi connectivity index (χ1) is 8.56. The van der Waals surface area contributed by atoms with E-state index in [4.69, 9.17) is 17.3 Å². The fraction of sp³-hybridized carbons (Fsp3) is 0. The summed E-state index contributed by atoms with van der Waals surface area (Å²) in [4.78, 5) is 11.9. The molecule has 0 spiro atoms. The SMILES string of the molecule is Nc1ccc(C(=O)Nc2ccc(Br)cc2)cc1Cl. The van der Waals surface area contributed by atoms with Gasteiger partial charge in [0.15, 0.2) is 0 Å². The standard InChI is InChI=1S/C13H10BrClN2O/c14-9-2-4-10(5-3-9)17-13(18)8-1-6-12(16)11(15)7-8/h1-7H,16H2,(H,17,18). The van der Waals surface area contributed by atoms with Crippen LogP contribution >= 0.6 is 27.5 Å². The highest BCUT2D eigenvalue weighted by Crippen LogP contribution is 2.21. The Morgan fingerprint density at radius 2 is 1.83 bits per heavy atom. The Morgan fingerprint density at radius 1 is 1.17 bits per heavy atom. The summed E-state index contributed by atoms with van der Waals surface area (Å²) in [5.41, 5.74) is 7.23. The summed E-state index contributed by atoms with van der Waals surface area (Å²) in [5.74, 6) is -0.223. The number of hydrogen-bond donors (Lipinski definition) is 2. The summed E-state index contributed by atoms with van der Waals surface area (Å²) in [5, 5.41) is 3.15. The third kappa shape index (κ3) is 3.03. The number of carbonyl (C=O) groups is 1. The Bertz CT molecular complexity index is 584. The lowest BCUT2D eigenvalue weighted by atomic mass is 10.2. The van der Waals surface area contributed by atoms with Crippen molar-refractivity contribution in [1.82, 2.24) is 0 Å². The zero-order valence-electron chi connectivity index (χ0n) is 9.28. The van der Waals surface area contributed by atoms with Crippen molar-refractivity contribution < 1.29 is 4.79 Å². The maximum absolute atomic E-state index is 11.9. The number of hydrogen-bond acceptors (Lipinski definition) is 2. The summed E-state index contributed by atoms with van der Waals surface area (Å²) in [6.45, 7) is 0. The molecular weight excluding hydrogens is 316 g/mol. The number of amides is 1. The monoisotopic (exact) mass is 324 g/mol. The van der Waals surface area contributed by atoms with Crippen molar-refractivity contribution in [1.29, 1.82) is 0 Å². The Labute approximate surface area is 118 Å². The van der Waals surface area contributed by atoms with Crippen LogP contribution in [0.3, 0.4) is 0 Å². The van der Waals surface area contributed by atoms with Crippen molar-refractivity contribution in [2.75, 3.05) is 11.1 Å². The van der Waals surface area contributed by atoms with Crippen LogP contribution in [0, 0.1) is 0 Å². The van der Waals surface area contributed by atoms with Gasteiger partial charge >= 0.3 is 0 Å². The van der Waals surface area contributed by atoms with Gasteiger partial charge in [0.2, 0.25) is 0 Å². The number of nitrogens with one attached hydrogen (secondary N) is 1. The second-order valence-corrected chi connectivity index (χ2v) is 5.02. The van der Waals surface area contributed by atoms with Crippen molar-refractivity contribution in [3.05, 3.63) is 57.5 Å². The van der Waals surface area contributed by atoms with E-state index in [0.717, 1.165) is 10.2 Å². The van der Waals surface area contributed by atoms with Gasteiger partial charge in [0.05, 0.1) is 10.7 Å². The van der Waals surface area contributed by atoms with Gasteiger partial charge in [0.25, 0.3) is 5.91 Å². The number of halogens is 2. The third-order valence-electron chi connectivity index (χ3n) is 2.36. The van der Waals surface area contributed by atoms with Gasteiger partial charge in [-0.1, -0.05) is 27.5 Å². The maximum Gasteiger partial charge on any atom is 0.255 e. The fourth-order valence-electron chi connectivity index (χ4n) is 1.40. The lowest BCUT2D eigenvalue weighted by Gasteiger charge is -2.06. The van der Waals surface area contributed by atoms with Gasteiger partial charge in [0, 0.05) is 15.7 Å². The van der Waals surface area contributed by atoms with Crippen molar-refractivity contribution in [2.45, 2.75) is 0 Å². The predicted octanol–water partition coefficient (Wildman–Crippen LogP) is 3.94. The molecule has 0 atom stereocenters. The molecule has 0 radical (unpaired) electrons. The van der Waals surface area contributed by atoms with Gasteiger partial charge in [-0.15, -0.1) is 0 Å². The van der Waals surface area contributed by atoms with E-state index in [9.17, 15) is 4.79 Å². The van der Waals surface area contributed by atoms with Gasteiger partial charge in [-0.3, -0.25) is 4.79 Å². The fourth-order valence-corrected chi connectivity index (χ4v) is 1.85. The van der Waals surface area contributed by atoms with Gasteiger partial charge in [0.1, 0.15) is 0 Å². The number of anilines is 2. The molecule has 18 heavy (non-hydrogen) atoms. The van der Waals surface area contributed by atoms with Crippen LogP contribution in [-0.2, 0) is 0 Å². The maximum atomic E-state index is 11.9. The van der Waals surface area contributed by atoms with Crippen LogP contribution in [0.1, 0.15) is 10.4 Å². The Morgan fingerprint density at radius 3 is 2.44 bits per heavy atom. The molecule has 5 heteroatoms. The summed E-state index contributed by atoms with van der Waals surface area (Å²) < 4.78 is 0.955. The molecule has 0 aromatic heterocycles. The van der Waals surface area contributed by atoms with E-state index in [1.54, 1.807) is 30.3 Å². The second kappa shape index (κ2) is 5.42. The van der Waals surface area contributed by atoms with Gasteiger partial charge < -0.3 is 11.1 Å². The van der Waals surface area contributed by atoms with Crippen molar-refractivity contribution in [3.8, 4) is 0 Å². The van der Waals surface area contributed by atoms with E-state index in [-0.39, 0.29) is 5.91 Å². The number of nitrogen functional groups attached to an aromatic ring is 1. The number of benzene rings is 2.